The number of rotatable bonds is 7. The van der Waals surface area contributed by atoms with E-state index in [9.17, 15) is 19.8 Å². The van der Waals surface area contributed by atoms with E-state index < -0.39 is 30.1 Å². The summed E-state index contributed by atoms with van der Waals surface area (Å²) in [5, 5.41) is 30.4. The summed E-state index contributed by atoms with van der Waals surface area (Å²) in [5.74, 6) is -1.53. The van der Waals surface area contributed by atoms with Crippen LogP contribution in [0, 0.1) is 0 Å². The standard InChI is InChI=1S/C25H27ClN4O4/c1-16(21-11-6-12-30(28-21)15-19-9-4-5-10-20(19)26)27-24(33)22(31)23(32)25(34)29-13-17-7-2-3-8-18(17)14-29/h2-11,16,22-23,31-32H,12-15H2,1H3,(H,27,33)/t16-,22+,23+/m0/s1. The van der Waals surface area contributed by atoms with Gasteiger partial charge in [0.25, 0.3) is 11.8 Å². The Morgan fingerprint density at radius 3 is 2.38 bits per heavy atom. The Morgan fingerprint density at radius 1 is 1.06 bits per heavy atom. The number of hydrazone groups is 1. The molecular formula is C25H27ClN4O4. The van der Waals surface area contributed by atoms with E-state index in [0.717, 1.165) is 16.7 Å². The van der Waals surface area contributed by atoms with Crippen molar-refractivity contribution in [2.24, 2.45) is 5.10 Å². The minimum Gasteiger partial charge on any atom is -0.380 e. The monoisotopic (exact) mass is 482 g/mol. The lowest BCUT2D eigenvalue weighted by Gasteiger charge is -2.26. The molecule has 34 heavy (non-hydrogen) atoms. The van der Waals surface area contributed by atoms with Crippen molar-refractivity contribution in [1.29, 1.82) is 0 Å². The van der Waals surface area contributed by atoms with Gasteiger partial charge in [0.1, 0.15) is 0 Å². The highest BCUT2D eigenvalue weighted by molar-refractivity contribution is 6.31. The molecule has 2 heterocycles. The van der Waals surface area contributed by atoms with E-state index in [1.54, 1.807) is 13.0 Å². The molecule has 3 N–H and O–H groups in total. The number of halogens is 1. The molecule has 2 aliphatic heterocycles. The fourth-order valence-electron chi connectivity index (χ4n) is 4.01. The molecule has 4 rings (SSSR count). The number of aliphatic hydroxyl groups is 2. The molecule has 0 aliphatic carbocycles. The van der Waals surface area contributed by atoms with Crippen molar-refractivity contribution in [1.82, 2.24) is 15.2 Å². The fourth-order valence-corrected chi connectivity index (χ4v) is 4.21. The zero-order chi connectivity index (χ0) is 24.2. The molecule has 0 spiro atoms. The summed E-state index contributed by atoms with van der Waals surface area (Å²) in [5.41, 5.74) is 3.48. The lowest BCUT2D eigenvalue weighted by molar-refractivity contribution is -0.153. The summed E-state index contributed by atoms with van der Waals surface area (Å²) < 4.78 is 0. The van der Waals surface area contributed by atoms with E-state index >= 15 is 0 Å². The highest BCUT2D eigenvalue weighted by atomic mass is 35.5. The summed E-state index contributed by atoms with van der Waals surface area (Å²) in [4.78, 5) is 26.7. The van der Waals surface area contributed by atoms with Crippen LogP contribution >= 0.6 is 11.6 Å². The van der Waals surface area contributed by atoms with Crippen LogP contribution in [-0.2, 0) is 29.2 Å². The fraction of sp³-hybridized carbons (Fsp3) is 0.320. The SMILES string of the molecule is C[C@H](NC(=O)[C@H](O)[C@@H](O)C(=O)N1Cc2ccccc2C1)C1=NN(Cc2ccccc2Cl)CC=C1. The maximum Gasteiger partial charge on any atom is 0.255 e. The van der Waals surface area contributed by atoms with Crippen LogP contribution in [0.5, 0.6) is 0 Å². The van der Waals surface area contributed by atoms with Crippen molar-refractivity contribution in [3.05, 3.63) is 82.4 Å². The van der Waals surface area contributed by atoms with Crippen molar-refractivity contribution in [3.8, 4) is 0 Å². The number of carbonyl (C=O) groups excluding carboxylic acids is 2. The van der Waals surface area contributed by atoms with Crippen LogP contribution in [0.2, 0.25) is 5.02 Å². The lowest BCUT2D eigenvalue weighted by atomic mass is 10.1. The molecule has 9 heteroatoms. The summed E-state index contributed by atoms with van der Waals surface area (Å²) in [6.45, 7) is 3.48. The van der Waals surface area contributed by atoms with E-state index in [1.807, 2.05) is 59.6 Å². The average Bonchev–Trinajstić information content (AvgIpc) is 3.28. The van der Waals surface area contributed by atoms with Gasteiger partial charge in [-0.05, 0) is 35.8 Å². The van der Waals surface area contributed by atoms with E-state index in [0.29, 0.717) is 36.9 Å². The van der Waals surface area contributed by atoms with Crippen LogP contribution < -0.4 is 5.32 Å². The third-order valence-electron chi connectivity index (χ3n) is 5.95. The van der Waals surface area contributed by atoms with Crippen LogP contribution in [0.4, 0.5) is 0 Å². The molecule has 0 saturated heterocycles. The van der Waals surface area contributed by atoms with E-state index in [2.05, 4.69) is 10.4 Å². The van der Waals surface area contributed by atoms with Crippen LogP contribution in [0.15, 0.2) is 65.8 Å². The Labute approximate surface area is 203 Å². The number of hydrogen-bond acceptors (Lipinski definition) is 6. The first-order chi connectivity index (χ1) is 16.3. The molecule has 2 aromatic rings. The van der Waals surface area contributed by atoms with Crippen molar-refractivity contribution in [2.75, 3.05) is 6.54 Å². The van der Waals surface area contributed by atoms with E-state index in [4.69, 9.17) is 11.6 Å². The predicted molar refractivity (Wildman–Crippen MR) is 129 cm³/mol. The maximum atomic E-state index is 12.7. The zero-order valence-corrected chi connectivity index (χ0v) is 19.5. The van der Waals surface area contributed by atoms with E-state index in [1.165, 1.54) is 4.90 Å². The van der Waals surface area contributed by atoms with Gasteiger partial charge in [0, 0.05) is 18.1 Å². The van der Waals surface area contributed by atoms with Crippen LogP contribution in [0.25, 0.3) is 0 Å². The number of hydrogen-bond donors (Lipinski definition) is 3. The van der Waals surface area contributed by atoms with Crippen LogP contribution in [-0.4, -0.2) is 62.4 Å². The zero-order valence-electron chi connectivity index (χ0n) is 18.8. The number of nitrogens with zero attached hydrogens (tertiary/aromatic N) is 3. The number of amides is 2. The Kier molecular flexibility index (Phi) is 7.31. The second kappa shape index (κ2) is 10.4. The maximum absolute atomic E-state index is 12.7. The molecule has 0 aromatic heterocycles. The van der Waals surface area contributed by atoms with Crippen molar-refractivity contribution in [2.45, 2.75) is 44.8 Å². The smallest absolute Gasteiger partial charge is 0.255 e. The predicted octanol–water partition coefficient (Wildman–Crippen LogP) is 1.84. The molecule has 2 amide bonds. The number of aliphatic hydroxyl groups excluding tert-OH is 2. The third kappa shape index (κ3) is 5.30. The van der Waals surface area contributed by atoms with Crippen LogP contribution in [0.3, 0.4) is 0 Å². The van der Waals surface area contributed by atoms with Gasteiger partial charge in [-0.1, -0.05) is 60.1 Å². The Bertz CT molecular complexity index is 1110. The molecule has 0 radical (unpaired) electrons. The minimum absolute atomic E-state index is 0.333. The van der Waals surface area contributed by atoms with Crippen molar-refractivity contribution >= 4 is 29.1 Å². The summed E-state index contributed by atoms with van der Waals surface area (Å²) in [6, 6.07) is 14.5. The molecule has 3 atom stereocenters. The first kappa shape index (κ1) is 23.9. The summed E-state index contributed by atoms with van der Waals surface area (Å²) >= 11 is 6.24. The molecule has 2 aliphatic rings. The van der Waals surface area contributed by atoms with E-state index in [-0.39, 0.29) is 0 Å². The van der Waals surface area contributed by atoms with Gasteiger partial charge in [0.2, 0.25) is 0 Å². The number of benzene rings is 2. The lowest BCUT2D eigenvalue weighted by Crippen LogP contribution is -2.52. The van der Waals surface area contributed by atoms with Crippen molar-refractivity contribution in [3.63, 3.8) is 0 Å². The molecule has 0 fully saturated rings. The third-order valence-corrected chi connectivity index (χ3v) is 6.32. The van der Waals surface area contributed by atoms with Gasteiger partial charge >= 0.3 is 0 Å². The van der Waals surface area contributed by atoms with Gasteiger partial charge in [-0.25, -0.2) is 0 Å². The molecule has 178 valence electrons. The topological polar surface area (TPSA) is 105 Å². The van der Waals surface area contributed by atoms with Crippen LogP contribution in [0.1, 0.15) is 23.6 Å². The second-order valence-electron chi connectivity index (χ2n) is 8.45. The second-order valence-corrected chi connectivity index (χ2v) is 8.86. The Hall–Kier alpha value is -3.20. The Balaban J connectivity index is 1.34. The van der Waals surface area contributed by atoms with Gasteiger partial charge in [-0.3, -0.25) is 14.6 Å². The van der Waals surface area contributed by atoms with Gasteiger partial charge in [0.15, 0.2) is 12.2 Å². The minimum atomic E-state index is -1.90. The highest BCUT2D eigenvalue weighted by Gasteiger charge is 2.36. The Morgan fingerprint density at radius 2 is 1.71 bits per heavy atom. The van der Waals surface area contributed by atoms with Gasteiger partial charge in [-0.2, -0.15) is 5.10 Å². The normalized spacial score (nSPS) is 17.6. The molecular weight excluding hydrogens is 456 g/mol. The molecule has 8 nitrogen and oxygen atoms in total. The highest BCUT2D eigenvalue weighted by Crippen LogP contribution is 2.23. The quantitative estimate of drug-likeness (QED) is 0.558. The molecule has 0 saturated carbocycles. The molecule has 0 bridgehead atoms. The first-order valence-electron chi connectivity index (χ1n) is 11.1. The summed E-state index contributed by atoms with van der Waals surface area (Å²) in [7, 11) is 0. The number of fused-ring (bicyclic) bond motifs is 1. The average molecular weight is 483 g/mol. The number of carbonyl (C=O) groups is 2. The molecule has 0 unspecified atom stereocenters. The summed E-state index contributed by atoms with van der Waals surface area (Å²) in [6.07, 6.45) is -0.0429. The number of nitrogens with one attached hydrogen (secondary N) is 1. The van der Waals surface area contributed by atoms with Gasteiger partial charge in [-0.15, -0.1) is 0 Å². The first-order valence-corrected chi connectivity index (χ1v) is 11.5. The van der Waals surface area contributed by atoms with Gasteiger partial charge < -0.3 is 20.4 Å². The van der Waals surface area contributed by atoms with Crippen molar-refractivity contribution < 1.29 is 19.8 Å². The largest absolute Gasteiger partial charge is 0.380 e. The van der Waals surface area contributed by atoms with Gasteiger partial charge in [0.05, 0.1) is 24.8 Å². The molecule has 2 aromatic carbocycles.